The van der Waals surface area contributed by atoms with Gasteiger partial charge in [-0.1, -0.05) is 13.8 Å². The monoisotopic (exact) mass is 392 g/mol. The molecule has 0 saturated carbocycles. The van der Waals surface area contributed by atoms with Crippen LogP contribution in [-0.4, -0.2) is 41.3 Å². The molecule has 6 nitrogen and oxygen atoms in total. The number of hydrogen-bond acceptors (Lipinski definition) is 3. The minimum Gasteiger partial charge on any atom is -0.383 e. The Kier molecular flexibility index (Phi) is 4.28. The molecule has 1 amide bonds. The molecular formula is C23H28N4O2. The Balaban J connectivity index is 1.74. The van der Waals surface area contributed by atoms with Crippen LogP contribution in [0.2, 0.25) is 0 Å². The van der Waals surface area contributed by atoms with E-state index in [0.717, 1.165) is 60.3 Å². The number of nitrogens with zero attached hydrogens (tertiary/aromatic N) is 2. The first kappa shape index (κ1) is 18.4. The van der Waals surface area contributed by atoms with Crippen molar-refractivity contribution >= 4 is 22.5 Å². The molecule has 29 heavy (non-hydrogen) atoms. The van der Waals surface area contributed by atoms with Crippen LogP contribution >= 0.6 is 0 Å². The lowest BCUT2D eigenvalue weighted by molar-refractivity contribution is -0.123. The molecule has 0 fully saturated rings. The van der Waals surface area contributed by atoms with Gasteiger partial charge in [0.2, 0.25) is 5.91 Å². The average Bonchev–Trinajstić information content (AvgIpc) is 3.36. The largest absolute Gasteiger partial charge is 0.383 e. The Morgan fingerprint density at radius 2 is 2.07 bits per heavy atom. The van der Waals surface area contributed by atoms with Gasteiger partial charge in [-0.2, -0.15) is 5.10 Å². The van der Waals surface area contributed by atoms with E-state index in [1.807, 2.05) is 11.1 Å². The van der Waals surface area contributed by atoms with Crippen LogP contribution in [-0.2, 0) is 27.8 Å². The molecule has 0 atom stereocenters. The first-order chi connectivity index (χ1) is 14.1. The van der Waals surface area contributed by atoms with E-state index in [4.69, 9.17) is 4.74 Å². The molecule has 2 aromatic heterocycles. The number of nitrogens with one attached hydrogen (secondary N) is 2. The van der Waals surface area contributed by atoms with E-state index in [9.17, 15) is 4.79 Å². The smallest absolute Gasteiger partial charge is 0.237 e. The predicted molar refractivity (Wildman–Crippen MR) is 114 cm³/mol. The molecule has 3 heterocycles. The summed E-state index contributed by atoms with van der Waals surface area (Å²) in [7, 11) is 1.69. The van der Waals surface area contributed by atoms with Crippen LogP contribution in [0.5, 0.6) is 0 Å². The van der Waals surface area contributed by atoms with Crippen LogP contribution in [0.3, 0.4) is 0 Å². The molecule has 6 heteroatoms. The standard InChI is InChI=1S/C23H28N4O2/c1-4-23(5-2)17-12-18-16(11-19(17)27(22(23)28)9-10-29-3)15-8-6-7-14-13-24-26-20(14)21(15)25-18/h11-13,25H,4-10H2,1-3H3,(H,24,26). The van der Waals surface area contributed by atoms with Crippen molar-refractivity contribution < 1.29 is 9.53 Å². The number of carbonyl (C=O) groups is 1. The number of aromatic amines is 2. The number of anilines is 1. The maximum Gasteiger partial charge on any atom is 0.237 e. The summed E-state index contributed by atoms with van der Waals surface area (Å²) in [5.74, 6) is 0.211. The fraction of sp³-hybridized carbons (Fsp3) is 0.478. The van der Waals surface area contributed by atoms with Gasteiger partial charge in [-0.25, -0.2) is 0 Å². The molecular weight excluding hydrogens is 364 g/mol. The number of ether oxygens (including phenoxy) is 1. The second-order valence-electron chi connectivity index (χ2n) is 8.24. The van der Waals surface area contributed by atoms with E-state index in [1.165, 1.54) is 16.5 Å². The highest BCUT2D eigenvalue weighted by atomic mass is 16.5. The number of methoxy groups -OCH3 is 1. The number of aromatic nitrogens is 3. The Morgan fingerprint density at radius 1 is 1.24 bits per heavy atom. The molecule has 2 N–H and O–H groups in total. The number of aryl methyl sites for hydroxylation is 2. The lowest BCUT2D eigenvalue weighted by Gasteiger charge is -2.26. The number of carbonyl (C=O) groups excluding carboxylic acids is 1. The van der Waals surface area contributed by atoms with Gasteiger partial charge in [0.15, 0.2) is 0 Å². The van der Waals surface area contributed by atoms with Gasteiger partial charge < -0.3 is 14.6 Å². The molecule has 3 aromatic rings. The Labute approximate surface area is 170 Å². The molecule has 1 aliphatic heterocycles. The summed E-state index contributed by atoms with van der Waals surface area (Å²) < 4.78 is 5.30. The molecule has 2 aliphatic rings. The first-order valence-corrected chi connectivity index (χ1v) is 10.7. The zero-order chi connectivity index (χ0) is 20.2. The van der Waals surface area contributed by atoms with E-state index in [-0.39, 0.29) is 5.91 Å². The Morgan fingerprint density at radius 3 is 2.83 bits per heavy atom. The van der Waals surface area contributed by atoms with Crippen molar-refractivity contribution in [2.24, 2.45) is 0 Å². The van der Waals surface area contributed by atoms with Crippen molar-refractivity contribution in [3.63, 3.8) is 0 Å². The van der Waals surface area contributed by atoms with Crippen molar-refractivity contribution in [3.05, 3.63) is 35.0 Å². The Bertz CT molecular complexity index is 1090. The highest BCUT2D eigenvalue weighted by Gasteiger charge is 2.48. The van der Waals surface area contributed by atoms with Gasteiger partial charge in [-0.3, -0.25) is 9.89 Å². The van der Waals surface area contributed by atoms with Crippen molar-refractivity contribution in [1.29, 1.82) is 0 Å². The summed E-state index contributed by atoms with van der Waals surface area (Å²) in [6, 6.07) is 4.46. The third kappa shape index (κ3) is 2.45. The maximum absolute atomic E-state index is 13.5. The third-order valence-corrected chi connectivity index (χ3v) is 7.04. The zero-order valence-electron chi connectivity index (χ0n) is 17.4. The third-order valence-electron chi connectivity index (χ3n) is 7.04. The quantitative estimate of drug-likeness (QED) is 0.687. The first-order valence-electron chi connectivity index (χ1n) is 10.7. The molecule has 1 aliphatic carbocycles. The van der Waals surface area contributed by atoms with Gasteiger partial charge in [0, 0.05) is 36.4 Å². The fourth-order valence-corrected chi connectivity index (χ4v) is 5.35. The molecule has 1 aromatic carbocycles. The van der Waals surface area contributed by atoms with Crippen LogP contribution in [0.25, 0.3) is 22.3 Å². The van der Waals surface area contributed by atoms with Gasteiger partial charge >= 0.3 is 0 Å². The highest BCUT2D eigenvalue weighted by molar-refractivity contribution is 6.11. The summed E-state index contributed by atoms with van der Waals surface area (Å²) in [5.41, 5.74) is 7.62. The van der Waals surface area contributed by atoms with Gasteiger partial charge in [0.05, 0.1) is 17.7 Å². The minimum atomic E-state index is -0.447. The second kappa shape index (κ2) is 6.73. The van der Waals surface area contributed by atoms with Crippen LogP contribution in [0.1, 0.15) is 49.8 Å². The van der Waals surface area contributed by atoms with Crippen LogP contribution in [0.15, 0.2) is 18.3 Å². The molecule has 0 radical (unpaired) electrons. The second-order valence-corrected chi connectivity index (χ2v) is 8.24. The van der Waals surface area contributed by atoms with Gasteiger partial charge in [0.1, 0.15) is 5.69 Å². The molecule has 0 saturated heterocycles. The van der Waals surface area contributed by atoms with Crippen LogP contribution in [0, 0.1) is 0 Å². The van der Waals surface area contributed by atoms with Gasteiger partial charge in [-0.15, -0.1) is 0 Å². The number of fused-ring (bicyclic) bond motifs is 6. The number of amides is 1. The fourth-order valence-electron chi connectivity index (χ4n) is 5.35. The van der Waals surface area contributed by atoms with E-state index in [0.29, 0.717) is 13.2 Å². The number of H-pyrrole nitrogens is 2. The van der Waals surface area contributed by atoms with Crippen molar-refractivity contribution in [1.82, 2.24) is 15.2 Å². The van der Waals surface area contributed by atoms with Crippen molar-refractivity contribution in [2.45, 2.75) is 51.4 Å². The SMILES string of the molecule is CCC1(CC)C(=O)N(CCOC)c2cc3c4c([nH]c3cc21)-c1n[nH]cc1CCC4. The zero-order valence-corrected chi connectivity index (χ0v) is 17.4. The van der Waals surface area contributed by atoms with E-state index >= 15 is 0 Å². The van der Waals surface area contributed by atoms with Crippen molar-refractivity contribution in [2.75, 3.05) is 25.2 Å². The topological polar surface area (TPSA) is 74.0 Å². The van der Waals surface area contributed by atoms with E-state index < -0.39 is 5.41 Å². The van der Waals surface area contributed by atoms with Gasteiger partial charge in [-0.05, 0) is 60.9 Å². The minimum absolute atomic E-state index is 0.211. The molecule has 0 bridgehead atoms. The lowest BCUT2D eigenvalue weighted by atomic mass is 9.76. The summed E-state index contributed by atoms with van der Waals surface area (Å²) in [6.45, 7) is 5.37. The van der Waals surface area contributed by atoms with E-state index in [2.05, 4.69) is 41.2 Å². The average molecular weight is 393 g/mol. The molecule has 152 valence electrons. The van der Waals surface area contributed by atoms with Crippen molar-refractivity contribution in [3.8, 4) is 11.4 Å². The summed E-state index contributed by atoms with van der Waals surface area (Å²) >= 11 is 0. The molecule has 0 unspecified atom stereocenters. The molecule has 0 spiro atoms. The van der Waals surface area contributed by atoms with E-state index in [1.54, 1.807) is 7.11 Å². The van der Waals surface area contributed by atoms with Crippen LogP contribution < -0.4 is 4.90 Å². The Hall–Kier alpha value is -2.60. The maximum atomic E-state index is 13.5. The van der Waals surface area contributed by atoms with Crippen LogP contribution in [0.4, 0.5) is 5.69 Å². The highest BCUT2D eigenvalue weighted by Crippen LogP contribution is 2.49. The summed E-state index contributed by atoms with van der Waals surface area (Å²) in [4.78, 5) is 19.1. The number of hydrogen-bond donors (Lipinski definition) is 2. The summed E-state index contributed by atoms with van der Waals surface area (Å²) in [5, 5.41) is 8.77. The summed E-state index contributed by atoms with van der Waals surface area (Å²) in [6.07, 6.45) is 6.77. The normalized spacial score (nSPS) is 17.3. The predicted octanol–water partition coefficient (Wildman–Crippen LogP) is 4.10. The van der Waals surface area contributed by atoms with Gasteiger partial charge in [0.25, 0.3) is 0 Å². The molecule has 5 rings (SSSR count). The lowest BCUT2D eigenvalue weighted by Crippen LogP contribution is -2.40. The number of rotatable bonds is 5. The number of benzene rings is 1.